The molecule has 2 heterocycles. The lowest BCUT2D eigenvalue weighted by molar-refractivity contribution is 0.132. The second kappa shape index (κ2) is 6.16. The van der Waals surface area contributed by atoms with E-state index in [0.717, 1.165) is 22.4 Å². The van der Waals surface area contributed by atoms with Gasteiger partial charge in [0.15, 0.2) is 6.10 Å². The molecule has 1 fully saturated rings. The molecule has 1 aliphatic heterocycles. The number of hydrogen-bond acceptors (Lipinski definition) is 3. The first-order valence-corrected chi connectivity index (χ1v) is 7.85. The third-order valence-electron chi connectivity index (χ3n) is 4.15. The summed E-state index contributed by atoms with van der Waals surface area (Å²) < 4.78 is 5.47. The molecule has 1 N–H and O–H groups in total. The Morgan fingerprint density at radius 1 is 0.875 bits per heavy atom. The molecule has 4 rings (SSSR count). The molecule has 2 aromatic carbocycles. The quantitative estimate of drug-likeness (QED) is 0.785. The van der Waals surface area contributed by atoms with E-state index in [4.69, 9.17) is 4.74 Å². The molecule has 1 saturated heterocycles. The average molecular weight is 316 g/mol. The Balaban J connectivity index is 1.71. The molecule has 24 heavy (non-hydrogen) atoms. The Morgan fingerprint density at radius 2 is 1.58 bits per heavy atom. The third-order valence-corrected chi connectivity index (χ3v) is 4.15. The number of ether oxygens (including phenoxy) is 1. The minimum Gasteiger partial charge on any atom is -0.439 e. The molecule has 0 bridgehead atoms. The first-order valence-electron chi connectivity index (χ1n) is 7.85. The zero-order valence-corrected chi connectivity index (χ0v) is 12.9. The van der Waals surface area contributed by atoms with Crippen LogP contribution >= 0.6 is 0 Å². The van der Waals surface area contributed by atoms with Crippen molar-refractivity contribution in [3.05, 3.63) is 90.3 Å². The topological polar surface area (TPSA) is 51.2 Å². The highest BCUT2D eigenvalue weighted by atomic mass is 16.6. The van der Waals surface area contributed by atoms with Crippen LogP contribution in [0.4, 0.5) is 4.79 Å². The van der Waals surface area contributed by atoms with Crippen molar-refractivity contribution in [3.63, 3.8) is 0 Å². The predicted octanol–water partition coefficient (Wildman–Crippen LogP) is 4.27. The van der Waals surface area contributed by atoms with Gasteiger partial charge in [0.1, 0.15) is 6.04 Å². The Kier molecular flexibility index (Phi) is 3.71. The Labute approximate surface area is 140 Å². The number of carbonyl (C=O) groups is 1. The summed E-state index contributed by atoms with van der Waals surface area (Å²) >= 11 is 0. The van der Waals surface area contributed by atoms with E-state index in [1.807, 2.05) is 60.7 Å². The minimum absolute atomic E-state index is 0.302. The van der Waals surface area contributed by atoms with Gasteiger partial charge in [-0.05, 0) is 28.8 Å². The van der Waals surface area contributed by atoms with Crippen molar-refractivity contribution in [3.8, 4) is 11.1 Å². The summed E-state index contributed by atoms with van der Waals surface area (Å²) in [5.41, 5.74) is 3.92. The standard InChI is InChI=1S/C20H16N2O2/c23-20-22-18(19(24-20)15-9-5-2-6-10-15)17-13-16(11-12-21-17)14-7-3-1-4-8-14/h1-13,18-19H,(H,22,23)/t18-,19-/m1/s1. The summed E-state index contributed by atoms with van der Waals surface area (Å²) in [5, 5.41) is 2.87. The summed E-state index contributed by atoms with van der Waals surface area (Å²) in [6.07, 6.45) is 0.975. The molecular weight excluding hydrogens is 300 g/mol. The Morgan fingerprint density at radius 3 is 2.33 bits per heavy atom. The van der Waals surface area contributed by atoms with Crippen molar-refractivity contribution in [2.24, 2.45) is 0 Å². The van der Waals surface area contributed by atoms with Crippen molar-refractivity contribution in [1.29, 1.82) is 0 Å². The molecule has 1 aromatic heterocycles. The monoisotopic (exact) mass is 316 g/mol. The molecule has 1 aliphatic rings. The van der Waals surface area contributed by atoms with Crippen LogP contribution in [0.25, 0.3) is 11.1 Å². The second-order valence-electron chi connectivity index (χ2n) is 5.69. The largest absolute Gasteiger partial charge is 0.439 e. The van der Waals surface area contributed by atoms with Gasteiger partial charge in [0.05, 0.1) is 5.69 Å². The molecule has 0 unspecified atom stereocenters. The van der Waals surface area contributed by atoms with Crippen molar-refractivity contribution in [2.75, 3.05) is 0 Å². The maximum absolute atomic E-state index is 11.8. The first kappa shape index (κ1) is 14.5. The number of hydrogen-bond donors (Lipinski definition) is 1. The maximum Gasteiger partial charge on any atom is 0.408 e. The maximum atomic E-state index is 11.8. The number of pyridine rings is 1. The lowest BCUT2D eigenvalue weighted by Gasteiger charge is -2.17. The second-order valence-corrected chi connectivity index (χ2v) is 5.69. The summed E-state index contributed by atoms with van der Waals surface area (Å²) in [4.78, 5) is 16.3. The number of rotatable bonds is 3. The Bertz CT molecular complexity index is 850. The van der Waals surface area contributed by atoms with Crippen LogP contribution < -0.4 is 5.32 Å². The van der Waals surface area contributed by atoms with E-state index in [-0.39, 0.29) is 12.1 Å². The number of carbonyl (C=O) groups excluding carboxylic acids is 1. The summed E-state index contributed by atoms with van der Waals surface area (Å²) in [6.45, 7) is 0. The fourth-order valence-electron chi connectivity index (χ4n) is 2.98. The van der Waals surface area contributed by atoms with Crippen LogP contribution in [-0.4, -0.2) is 11.1 Å². The fraction of sp³-hybridized carbons (Fsp3) is 0.100. The highest BCUT2D eigenvalue weighted by Gasteiger charge is 2.37. The van der Waals surface area contributed by atoms with Crippen LogP contribution in [0.2, 0.25) is 0 Å². The third kappa shape index (κ3) is 2.74. The van der Waals surface area contributed by atoms with E-state index < -0.39 is 6.09 Å². The average Bonchev–Trinajstić information content (AvgIpc) is 3.05. The van der Waals surface area contributed by atoms with Crippen LogP contribution in [0, 0.1) is 0 Å². The lowest BCUT2D eigenvalue weighted by Crippen LogP contribution is -2.20. The molecule has 4 heteroatoms. The van der Waals surface area contributed by atoms with E-state index >= 15 is 0 Å². The van der Waals surface area contributed by atoms with Crippen LogP contribution in [0.1, 0.15) is 23.4 Å². The van der Waals surface area contributed by atoms with E-state index in [9.17, 15) is 4.79 Å². The van der Waals surface area contributed by atoms with Gasteiger partial charge in [-0.2, -0.15) is 0 Å². The van der Waals surface area contributed by atoms with Gasteiger partial charge >= 0.3 is 6.09 Å². The van der Waals surface area contributed by atoms with Crippen LogP contribution in [-0.2, 0) is 4.74 Å². The van der Waals surface area contributed by atoms with Gasteiger partial charge in [0, 0.05) is 6.20 Å². The van der Waals surface area contributed by atoms with Gasteiger partial charge in [-0.15, -0.1) is 0 Å². The van der Waals surface area contributed by atoms with Gasteiger partial charge < -0.3 is 10.1 Å². The molecule has 0 saturated carbocycles. The normalized spacial score (nSPS) is 19.6. The molecule has 118 valence electrons. The fourth-order valence-corrected chi connectivity index (χ4v) is 2.98. The summed E-state index contributed by atoms with van der Waals surface area (Å²) in [6, 6.07) is 23.5. The molecule has 0 aliphatic carbocycles. The van der Waals surface area contributed by atoms with Crippen LogP contribution in [0.5, 0.6) is 0 Å². The number of alkyl carbamates (subject to hydrolysis) is 1. The van der Waals surface area contributed by atoms with Gasteiger partial charge in [0.25, 0.3) is 0 Å². The summed E-state index contributed by atoms with van der Waals surface area (Å²) in [7, 11) is 0. The number of benzene rings is 2. The molecule has 2 atom stereocenters. The van der Waals surface area contributed by atoms with Crippen molar-refractivity contribution < 1.29 is 9.53 Å². The van der Waals surface area contributed by atoms with Crippen LogP contribution in [0.15, 0.2) is 79.0 Å². The minimum atomic E-state index is -0.416. The van der Waals surface area contributed by atoms with E-state index in [1.165, 1.54) is 0 Å². The zero-order chi connectivity index (χ0) is 16.4. The SMILES string of the molecule is O=C1N[C@H](c2cc(-c3ccccc3)ccn2)[C@@H](c2ccccc2)O1. The van der Waals surface area contributed by atoms with Crippen LogP contribution in [0.3, 0.4) is 0 Å². The number of nitrogens with zero attached hydrogens (tertiary/aromatic N) is 1. The van der Waals surface area contributed by atoms with Crippen molar-refractivity contribution >= 4 is 6.09 Å². The number of aromatic nitrogens is 1. The van der Waals surface area contributed by atoms with Gasteiger partial charge in [0.2, 0.25) is 0 Å². The lowest BCUT2D eigenvalue weighted by atomic mass is 9.98. The number of cyclic esters (lactones) is 1. The smallest absolute Gasteiger partial charge is 0.408 e. The number of amides is 1. The Hall–Kier alpha value is -3.14. The first-order chi connectivity index (χ1) is 11.8. The highest BCUT2D eigenvalue weighted by molar-refractivity contribution is 5.71. The highest BCUT2D eigenvalue weighted by Crippen LogP contribution is 2.36. The molecule has 0 radical (unpaired) electrons. The molecule has 4 nitrogen and oxygen atoms in total. The summed E-state index contributed by atoms with van der Waals surface area (Å²) in [5.74, 6) is 0. The van der Waals surface area contributed by atoms with E-state index in [2.05, 4.69) is 22.4 Å². The van der Waals surface area contributed by atoms with E-state index in [1.54, 1.807) is 6.20 Å². The van der Waals surface area contributed by atoms with Crippen molar-refractivity contribution in [1.82, 2.24) is 10.3 Å². The molecular formula is C20H16N2O2. The van der Waals surface area contributed by atoms with Gasteiger partial charge in [-0.1, -0.05) is 60.7 Å². The molecule has 1 amide bonds. The molecule has 0 spiro atoms. The van der Waals surface area contributed by atoms with Gasteiger partial charge in [-0.3, -0.25) is 4.98 Å². The van der Waals surface area contributed by atoms with Crippen molar-refractivity contribution in [2.45, 2.75) is 12.1 Å². The zero-order valence-electron chi connectivity index (χ0n) is 12.9. The number of nitrogens with one attached hydrogen (secondary N) is 1. The molecule has 3 aromatic rings. The van der Waals surface area contributed by atoms with Gasteiger partial charge in [-0.25, -0.2) is 4.79 Å². The van der Waals surface area contributed by atoms with E-state index in [0.29, 0.717) is 0 Å². The predicted molar refractivity (Wildman–Crippen MR) is 91.2 cm³/mol.